The summed E-state index contributed by atoms with van der Waals surface area (Å²) in [5, 5.41) is 4.41. The molecule has 32 heavy (non-hydrogen) atoms. The summed E-state index contributed by atoms with van der Waals surface area (Å²) in [7, 11) is 0. The molecule has 2 aromatic carbocycles. The second kappa shape index (κ2) is 9.19. The summed E-state index contributed by atoms with van der Waals surface area (Å²) in [6.07, 6.45) is 3.50. The molecule has 1 aliphatic rings. The van der Waals surface area contributed by atoms with Crippen LogP contribution in [0.5, 0.6) is 0 Å². The van der Waals surface area contributed by atoms with Crippen molar-refractivity contribution in [2.24, 2.45) is 11.3 Å². The van der Waals surface area contributed by atoms with Crippen molar-refractivity contribution < 1.29 is 9.59 Å². The van der Waals surface area contributed by atoms with Gasteiger partial charge in [0.25, 0.3) is 0 Å². The Morgan fingerprint density at radius 3 is 2.38 bits per heavy atom. The molecule has 0 saturated carbocycles. The SMILES string of the molecule is CC(C)(C)C(=O)N1CCC(C(=O)NCC(c2ccccc2)c2c[nH]c3ccccc23)CC1. The molecular formula is C27H33N3O2. The summed E-state index contributed by atoms with van der Waals surface area (Å²) in [6.45, 7) is 7.69. The lowest BCUT2D eigenvalue weighted by atomic mass is 9.89. The summed E-state index contributed by atoms with van der Waals surface area (Å²) in [5.41, 5.74) is 3.10. The minimum absolute atomic E-state index is 0.0431. The highest BCUT2D eigenvalue weighted by Crippen LogP contribution is 2.31. The monoisotopic (exact) mass is 431 g/mol. The van der Waals surface area contributed by atoms with E-state index in [2.05, 4.69) is 40.8 Å². The first-order valence-electron chi connectivity index (χ1n) is 11.5. The number of para-hydroxylation sites is 1. The van der Waals surface area contributed by atoms with E-state index in [1.165, 1.54) is 16.5 Å². The van der Waals surface area contributed by atoms with Crippen molar-refractivity contribution in [1.29, 1.82) is 0 Å². The van der Waals surface area contributed by atoms with Gasteiger partial charge in [0.1, 0.15) is 0 Å². The van der Waals surface area contributed by atoms with Crippen molar-refractivity contribution >= 4 is 22.7 Å². The Hall–Kier alpha value is -3.08. The molecule has 1 aromatic heterocycles. The number of carbonyl (C=O) groups excluding carboxylic acids is 2. The number of aromatic amines is 1. The molecule has 5 heteroatoms. The average molecular weight is 432 g/mol. The van der Waals surface area contributed by atoms with Gasteiger partial charge >= 0.3 is 0 Å². The average Bonchev–Trinajstić information content (AvgIpc) is 3.23. The second-order valence-electron chi connectivity index (χ2n) is 9.81. The molecule has 0 spiro atoms. The number of nitrogens with zero attached hydrogens (tertiary/aromatic N) is 1. The molecule has 0 aliphatic carbocycles. The number of fused-ring (bicyclic) bond motifs is 1. The Balaban J connectivity index is 1.44. The molecule has 1 atom stereocenters. The third-order valence-corrected chi connectivity index (χ3v) is 6.47. The summed E-state index contributed by atoms with van der Waals surface area (Å²) in [4.78, 5) is 30.8. The fourth-order valence-corrected chi connectivity index (χ4v) is 4.64. The molecule has 1 fully saturated rings. The van der Waals surface area contributed by atoms with E-state index in [4.69, 9.17) is 0 Å². The molecule has 0 bridgehead atoms. The van der Waals surface area contributed by atoms with Gasteiger partial charge in [-0.3, -0.25) is 9.59 Å². The summed E-state index contributed by atoms with van der Waals surface area (Å²) in [5.74, 6) is 0.283. The third-order valence-electron chi connectivity index (χ3n) is 6.47. The van der Waals surface area contributed by atoms with Gasteiger partial charge in [-0.1, -0.05) is 69.3 Å². The zero-order valence-electron chi connectivity index (χ0n) is 19.2. The van der Waals surface area contributed by atoms with Crippen LogP contribution in [-0.4, -0.2) is 41.3 Å². The first-order chi connectivity index (χ1) is 15.3. The molecule has 4 rings (SSSR count). The van der Waals surface area contributed by atoms with E-state index >= 15 is 0 Å². The molecule has 5 nitrogen and oxygen atoms in total. The van der Waals surface area contributed by atoms with Gasteiger partial charge in [0.2, 0.25) is 11.8 Å². The van der Waals surface area contributed by atoms with Crippen LogP contribution < -0.4 is 5.32 Å². The van der Waals surface area contributed by atoms with Crippen molar-refractivity contribution in [3.05, 3.63) is 71.9 Å². The molecule has 0 radical (unpaired) electrons. The number of benzene rings is 2. The van der Waals surface area contributed by atoms with Crippen LogP contribution >= 0.6 is 0 Å². The highest BCUT2D eigenvalue weighted by molar-refractivity contribution is 5.85. The van der Waals surface area contributed by atoms with Crippen molar-refractivity contribution in [2.45, 2.75) is 39.5 Å². The van der Waals surface area contributed by atoms with Crippen LogP contribution in [0, 0.1) is 11.3 Å². The quantitative estimate of drug-likeness (QED) is 0.615. The summed E-state index contributed by atoms with van der Waals surface area (Å²) >= 11 is 0. The maximum atomic E-state index is 13.0. The fourth-order valence-electron chi connectivity index (χ4n) is 4.64. The van der Waals surface area contributed by atoms with E-state index in [0.717, 1.165) is 18.4 Å². The number of hydrogen-bond donors (Lipinski definition) is 2. The predicted molar refractivity (Wildman–Crippen MR) is 128 cm³/mol. The van der Waals surface area contributed by atoms with Crippen molar-refractivity contribution in [2.75, 3.05) is 19.6 Å². The first-order valence-corrected chi connectivity index (χ1v) is 11.5. The van der Waals surface area contributed by atoms with Gasteiger partial charge in [-0.05, 0) is 30.0 Å². The number of carbonyl (C=O) groups is 2. The van der Waals surface area contributed by atoms with Crippen LogP contribution in [0.4, 0.5) is 0 Å². The van der Waals surface area contributed by atoms with E-state index < -0.39 is 0 Å². The zero-order valence-corrected chi connectivity index (χ0v) is 19.2. The Morgan fingerprint density at radius 2 is 1.69 bits per heavy atom. The van der Waals surface area contributed by atoms with E-state index in [1.807, 2.05) is 56.0 Å². The fraction of sp³-hybridized carbons (Fsp3) is 0.407. The van der Waals surface area contributed by atoms with Gasteiger partial charge in [-0.25, -0.2) is 0 Å². The minimum Gasteiger partial charge on any atom is -0.361 e. The number of amides is 2. The van der Waals surface area contributed by atoms with Crippen LogP contribution in [0.1, 0.15) is 50.7 Å². The van der Waals surface area contributed by atoms with Gasteiger partial charge in [0, 0.05) is 54.0 Å². The molecule has 3 aromatic rings. The second-order valence-corrected chi connectivity index (χ2v) is 9.81. The molecule has 1 saturated heterocycles. The number of piperidine rings is 1. The molecule has 1 unspecified atom stereocenters. The van der Waals surface area contributed by atoms with Gasteiger partial charge in [-0.15, -0.1) is 0 Å². The Labute approximate surface area is 190 Å². The van der Waals surface area contributed by atoms with Crippen LogP contribution in [0.15, 0.2) is 60.8 Å². The maximum Gasteiger partial charge on any atom is 0.227 e. The van der Waals surface area contributed by atoms with E-state index in [1.54, 1.807) is 0 Å². The topological polar surface area (TPSA) is 65.2 Å². The van der Waals surface area contributed by atoms with Crippen molar-refractivity contribution in [3.8, 4) is 0 Å². The first kappa shape index (κ1) is 22.1. The van der Waals surface area contributed by atoms with Gasteiger partial charge in [0.05, 0.1) is 0 Å². The number of rotatable bonds is 5. The zero-order chi connectivity index (χ0) is 22.7. The highest BCUT2D eigenvalue weighted by Gasteiger charge is 2.32. The number of hydrogen-bond acceptors (Lipinski definition) is 2. The molecule has 168 valence electrons. The molecular weight excluding hydrogens is 398 g/mol. The summed E-state index contributed by atoms with van der Waals surface area (Å²) < 4.78 is 0. The number of aromatic nitrogens is 1. The van der Waals surface area contributed by atoms with E-state index in [-0.39, 0.29) is 29.1 Å². The van der Waals surface area contributed by atoms with Crippen LogP contribution in [0.25, 0.3) is 10.9 Å². The van der Waals surface area contributed by atoms with E-state index in [0.29, 0.717) is 19.6 Å². The predicted octanol–water partition coefficient (Wildman–Crippen LogP) is 4.70. The molecule has 1 aliphatic heterocycles. The van der Waals surface area contributed by atoms with Gasteiger partial charge in [0.15, 0.2) is 0 Å². The van der Waals surface area contributed by atoms with Crippen LogP contribution in [0.2, 0.25) is 0 Å². The molecule has 2 heterocycles. The number of nitrogens with one attached hydrogen (secondary N) is 2. The molecule has 2 amide bonds. The van der Waals surface area contributed by atoms with Crippen molar-refractivity contribution in [1.82, 2.24) is 15.2 Å². The lowest BCUT2D eigenvalue weighted by Gasteiger charge is -2.35. The van der Waals surface area contributed by atoms with Gasteiger partial charge < -0.3 is 15.2 Å². The maximum absolute atomic E-state index is 13.0. The highest BCUT2D eigenvalue weighted by atomic mass is 16.2. The Morgan fingerprint density at radius 1 is 1.03 bits per heavy atom. The largest absolute Gasteiger partial charge is 0.361 e. The van der Waals surface area contributed by atoms with Gasteiger partial charge in [-0.2, -0.15) is 0 Å². The van der Waals surface area contributed by atoms with E-state index in [9.17, 15) is 9.59 Å². The lowest BCUT2D eigenvalue weighted by Crippen LogP contribution is -2.47. The normalized spacial score (nSPS) is 16.2. The smallest absolute Gasteiger partial charge is 0.227 e. The Kier molecular flexibility index (Phi) is 6.35. The number of likely N-dealkylation sites (tertiary alicyclic amines) is 1. The summed E-state index contributed by atoms with van der Waals surface area (Å²) in [6, 6.07) is 18.6. The van der Waals surface area contributed by atoms with Crippen LogP contribution in [-0.2, 0) is 9.59 Å². The lowest BCUT2D eigenvalue weighted by molar-refractivity contribution is -0.142. The van der Waals surface area contributed by atoms with Crippen molar-refractivity contribution in [3.63, 3.8) is 0 Å². The van der Waals surface area contributed by atoms with Crippen LogP contribution in [0.3, 0.4) is 0 Å². The standard InChI is InChI=1S/C27H33N3O2/c1-27(2,3)26(32)30-15-13-20(14-16-30)25(31)29-17-22(19-9-5-4-6-10-19)23-18-28-24-12-8-7-11-21(23)24/h4-12,18,20,22,28H,13-17H2,1-3H3,(H,29,31). The molecule has 2 N–H and O–H groups in total. The minimum atomic E-state index is -0.378. The Bertz CT molecular complexity index is 1070. The number of H-pyrrole nitrogens is 1. The third kappa shape index (κ3) is 4.72.